The molecule has 0 spiro atoms. The molecule has 0 radical (unpaired) electrons. The molecule has 2 heterocycles. The first-order valence-corrected chi connectivity index (χ1v) is 13.4. The molecule has 0 N–H and O–H groups in total. The zero-order valence-corrected chi connectivity index (χ0v) is 22.4. The van der Waals surface area contributed by atoms with Crippen LogP contribution in [-0.4, -0.2) is 23.1 Å². The molecule has 0 bridgehead atoms. The van der Waals surface area contributed by atoms with Crippen LogP contribution in [0.1, 0.15) is 59.7 Å². The van der Waals surface area contributed by atoms with Gasteiger partial charge in [0.2, 0.25) is 5.95 Å². The number of anilines is 3. The number of nitrogens with zero attached hydrogens (tertiary/aromatic N) is 4. The molecule has 1 aliphatic rings. The lowest BCUT2D eigenvalue weighted by atomic mass is 10.0. The predicted molar refractivity (Wildman–Crippen MR) is 153 cm³/mol. The Balaban J connectivity index is 1.55. The van der Waals surface area contributed by atoms with E-state index in [1.807, 2.05) is 0 Å². The van der Waals surface area contributed by atoms with Crippen molar-refractivity contribution in [2.24, 2.45) is 0 Å². The van der Waals surface area contributed by atoms with Crippen molar-refractivity contribution in [1.29, 1.82) is 0 Å². The topological polar surface area (TPSA) is 32.3 Å². The van der Waals surface area contributed by atoms with Crippen LogP contribution in [0.3, 0.4) is 0 Å². The van der Waals surface area contributed by atoms with Gasteiger partial charge in [0.25, 0.3) is 0 Å². The zero-order valence-electron chi connectivity index (χ0n) is 22.4. The molecule has 0 unspecified atom stereocenters. The van der Waals surface area contributed by atoms with Crippen molar-refractivity contribution < 1.29 is 0 Å². The van der Waals surface area contributed by atoms with Crippen LogP contribution in [0.4, 0.5) is 17.5 Å². The molecule has 0 amide bonds. The van der Waals surface area contributed by atoms with Crippen molar-refractivity contribution in [2.75, 3.05) is 22.9 Å². The van der Waals surface area contributed by atoms with Gasteiger partial charge in [-0.2, -0.15) is 4.98 Å². The van der Waals surface area contributed by atoms with Gasteiger partial charge in [-0.05, 0) is 68.0 Å². The summed E-state index contributed by atoms with van der Waals surface area (Å²) >= 11 is 0. The minimum absolute atomic E-state index is 0.835. The van der Waals surface area contributed by atoms with Crippen molar-refractivity contribution in [3.05, 3.63) is 88.1 Å². The summed E-state index contributed by atoms with van der Waals surface area (Å²) in [6, 6.07) is 19.9. The van der Waals surface area contributed by atoms with E-state index >= 15 is 0 Å². The Morgan fingerprint density at radius 2 is 1.64 bits per heavy atom. The van der Waals surface area contributed by atoms with Crippen molar-refractivity contribution in [1.82, 2.24) is 9.97 Å². The van der Waals surface area contributed by atoms with Crippen LogP contribution in [0.2, 0.25) is 0 Å². The van der Waals surface area contributed by atoms with Crippen molar-refractivity contribution in [3.8, 4) is 0 Å². The fourth-order valence-corrected chi connectivity index (χ4v) is 5.81. The van der Waals surface area contributed by atoms with Crippen LogP contribution in [0.25, 0.3) is 10.8 Å². The number of aryl methyl sites for hydroxylation is 4. The number of aromatic nitrogens is 2. The van der Waals surface area contributed by atoms with Gasteiger partial charge in [0.15, 0.2) is 0 Å². The van der Waals surface area contributed by atoms with Crippen LogP contribution in [0.15, 0.2) is 54.6 Å². The molecule has 4 aromatic rings. The highest BCUT2D eigenvalue weighted by atomic mass is 15.3. The minimum atomic E-state index is 0.835. The lowest BCUT2D eigenvalue weighted by Crippen LogP contribution is -2.25. The Bertz CT molecular complexity index is 1360. The largest absolute Gasteiger partial charge is 0.352 e. The SMILES string of the molecule is CCCCCN(c1nc(C)c2c(n1)N(Cc1cccc3ccccc13)CC2)c1c(C)cc(C)cc1C. The molecule has 0 saturated heterocycles. The van der Waals surface area contributed by atoms with Crippen LogP contribution < -0.4 is 9.80 Å². The average molecular weight is 479 g/mol. The van der Waals surface area contributed by atoms with Crippen LogP contribution >= 0.6 is 0 Å². The van der Waals surface area contributed by atoms with E-state index in [-0.39, 0.29) is 0 Å². The van der Waals surface area contributed by atoms with E-state index in [2.05, 4.69) is 99.0 Å². The zero-order chi connectivity index (χ0) is 25.2. The number of unbranched alkanes of at least 4 members (excludes halogenated alkanes) is 2. The third-order valence-corrected chi connectivity index (χ3v) is 7.48. The number of rotatable bonds is 8. The lowest BCUT2D eigenvalue weighted by Gasteiger charge is -2.28. The summed E-state index contributed by atoms with van der Waals surface area (Å²) < 4.78 is 0. The van der Waals surface area contributed by atoms with E-state index in [1.54, 1.807) is 0 Å². The minimum Gasteiger partial charge on any atom is -0.352 e. The molecule has 1 aromatic heterocycles. The maximum atomic E-state index is 5.27. The third kappa shape index (κ3) is 4.69. The molecule has 1 aliphatic heterocycles. The maximum Gasteiger partial charge on any atom is 0.232 e. The second-order valence-corrected chi connectivity index (χ2v) is 10.3. The maximum absolute atomic E-state index is 5.27. The summed E-state index contributed by atoms with van der Waals surface area (Å²) in [6.45, 7) is 13.8. The summed E-state index contributed by atoms with van der Waals surface area (Å²) in [6.07, 6.45) is 4.53. The number of fused-ring (bicyclic) bond motifs is 2. The molecule has 3 aromatic carbocycles. The van der Waals surface area contributed by atoms with E-state index in [9.17, 15) is 0 Å². The first kappa shape index (κ1) is 24.3. The van der Waals surface area contributed by atoms with Crippen LogP contribution in [0, 0.1) is 27.7 Å². The van der Waals surface area contributed by atoms with Crippen LogP contribution in [0.5, 0.6) is 0 Å². The fourth-order valence-electron chi connectivity index (χ4n) is 5.81. The molecular formula is C32H38N4. The van der Waals surface area contributed by atoms with E-state index in [0.29, 0.717) is 0 Å². The van der Waals surface area contributed by atoms with Crippen molar-refractivity contribution >= 4 is 28.2 Å². The first-order valence-electron chi connectivity index (χ1n) is 13.4. The number of hydrogen-bond donors (Lipinski definition) is 0. The highest BCUT2D eigenvalue weighted by Gasteiger charge is 2.27. The summed E-state index contributed by atoms with van der Waals surface area (Å²) in [5, 5.41) is 2.62. The number of benzene rings is 3. The normalized spacial score (nSPS) is 12.9. The first-order chi connectivity index (χ1) is 17.5. The van der Waals surface area contributed by atoms with E-state index in [4.69, 9.17) is 9.97 Å². The van der Waals surface area contributed by atoms with E-state index in [1.165, 1.54) is 57.1 Å². The Kier molecular flexibility index (Phi) is 6.95. The van der Waals surface area contributed by atoms with Gasteiger partial charge < -0.3 is 9.80 Å². The van der Waals surface area contributed by atoms with Gasteiger partial charge >= 0.3 is 0 Å². The lowest BCUT2D eigenvalue weighted by molar-refractivity contribution is 0.706. The van der Waals surface area contributed by atoms with Gasteiger partial charge in [-0.1, -0.05) is 79.9 Å². The van der Waals surface area contributed by atoms with Gasteiger partial charge in [-0.3, -0.25) is 0 Å². The molecular weight excluding hydrogens is 440 g/mol. The van der Waals surface area contributed by atoms with Gasteiger partial charge in [0.05, 0.1) is 0 Å². The molecule has 36 heavy (non-hydrogen) atoms. The second-order valence-electron chi connectivity index (χ2n) is 10.3. The second kappa shape index (κ2) is 10.3. The highest BCUT2D eigenvalue weighted by molar-refractivity contribution is 5.86. The monoisotopic (exact) mass is 478 g/mol. The molecule has 0 atom stereocenters. The predicted octanol–water partition coefficient (Wildman–Crippen LogP) is 7.75. The Hall–Kier alpha value is -3.40. The highest BCUT2D eigenvalue weighted by Crippen LogP contribution is 2.36. The van der Waals surface area contributed by atoms with Crippen LogP contribution in [-0.2, 0) is 13.0 Å². The Morgan fingerprint density at radius 1 is 0.889 bits per heavy atom. The van der Waals surface area contributed by atoms with E-state index in [0.717, 1.165) is 49.9 Å². The van der Waals surface area contributed by atoms with Gasteiger partial charge in [0.1, 0.15) is 5.82 Å². The molecule has 0 fully saturated rings. The van der Waals surface area contributed by atoms with Gasteiger partial charge in [0, 0.05) is 36.6 Å². The molecule has 4 nitrogen and oxygen atoms in total. The molecule has 5 rings (SSSR count). The molecule has 4 heteroatoms. The van der Waals surface area contributed by atoms with E-state index < -0.39 is 0 Å². The standard InChI is InChI=1S/C32H38N4/c1-6-7-10-17-36(30-23(3)19-22(2)20-24(30)4)32-33-25(5)28-16-18-35(31(28)34-32)21-27-14-11-13-26-12-8-9-15-29(26)27/h8-9,11-15,19-20H,6-7,10,16-18,21H2,1-5H3. The fraction of sp³-hybridized carbons (Fsp3) is 0.375. The van der Waals surface area contributed by atoms with Crippen molar-refractivity contribution in [2.45, 2.75) is 66.8 Å². The Labute approximate surface area is 216 Å². The summed E-state index contributed by atoms with van der Waals surface area (Å²) in [4.78, 5) is 15.2. The molecule has 0 saturated carbocycles. The summed E-state index contributed by atoms with van der Waals surface area (Å²) in [5.74, 6) is 1.94. The number of hydrogen-bond acceptors (Lipinski definition) is 4. The summed E-state index contributed by atoms with van der Waals surface area (Å²) in [7, 11) is 0. The van der Waals surface area contributed by atoms with Gasteiger partial charge in [-0.15, -0.1) is 0 Å². The van der Waals surface area contributed by atoms with Crippen molar-refractivity contribution in [3.63, 3.8) is 0 Å². The smallest absolute Gasteiger partial charge is 0.232 e. The molecule has 186 valence electrons. The molecule has 0 aliphatic carbocycles. The third-order valence-electron chi connectivity index (χ3n) is 7.48. The average Bonchev–Trinajstić information content (AvgIpc) is 3.26. The summed E-state index contributed by atoms with van der Waals surface area (Å²) in [5.41, 5.74) is 8.90. The quantitative estimate of drug-likeness (QED) is 0.242. The van der Waals surface area contributed by atoms with Gasteiger partial charge in [-0.25, -0.2) is 4.98 Å². The Morgan fingerprint density at radius 3 is 2.42 bits per heavy atom.